The Bertz CT molecular complexity index is 679. The zero-order chi connectivity index (χ0) is 15.4. The van der Waals surface area contributed by atoms with Gasteiger partial charge in [-0.05, 0) is 23.8 Å². The van der Waals surface area contributed by atoms with Crippen LogP contribution >= 0.6 is 11.6 Å². The third-order valence-electron chi connectivity index (χ3n) is 3.10. The van der Waals surface area contributed by atoms with Crippen LogP contribution in [-0.4, -0.2) is 27.7 Å². The van der Waals surface area contributed by atoms with Crippen LogP contribution in [0, 0.1) is 0 Å². The molecule has 21 heavy (non-hydrogen) atoms. The Morgan fingerprint density at radius 1 is 1.52 bits per heavy atom. The van der Waals surface area contributed by atoms with E-state index in [4.69, 9.17) is 16.7 Å². The first-order chi connectivity index (χ1) is 9.97. The summed E-state index contributed by atoms with van der Waals surface area (Å²) in [5.41, 5.74) is 1.61. The molecular weight excluding hydrogens is 290 g/mol. The van der Waals surface area contributed by atoms with Gasteiger partial charge in [0.25, 0.3) is 0 Å². The van der Waals surface area contributed by atoms with Crippen molar-refractivity contribution >= 4 is 29.3 Å². The Balaban J connectivity index is 2.16. The summed E-state index contributed by atoms with van der Waals surface area (Å²) < 4.78 is 1.95. The van der Waals surface area contributed by atoms with E-state index >= 15 is 0 Å². The third kappa shape index (κ3) is 3.86. The first-order valence-electron chi connectivity index (χ1n) is 6.35. The van der Waals surface area contributed by atoms with Gasteiger partial charge in [-0.1, -0.05) is 17.7 Å². The lowest BCUT2D eigenvalue weighted by Crippen LogP contribution is -2.19. The van der Waals surface area contributed by atoms with E-state index in [9.17, 15) is 4.79 Å². The van der Waals surface area contributed by atoms with Crippen LogP contribution in [0.4, 0.5) is 5.69 Å². The number of hydrogen-bond acceptors (Lipinski definition) is 3. The second kappa shape index (κ2) is 6.45. The molecule has 1 N–H and O–H groups in total. The molecule has 2 aromatic rings. The molecule has 1 heterocycles. The van der Waals surface area contributed by atoms with Crippen LogP contribution in [0.1, 0.15) is 11.4 Å². The number of carboxylic acids is 1. The second-order valence-corrected chi connectivity index (χ2v) is 5.10. The molecule has 0 aliphatic rings. The number of benzene rings is 1. The Hall–Kier alpha value is -2.27. The number of rotatable bonds is 5. The standard InChI is InChI=1S/C15H16ClN3O2/c1-18-8-7-17-14(18)10-19(2)13-5-3-11(9-12(13)16)4-6-15(20)21/h3-9H,10H2,1-2H3,(H,20,21)/b6-4+. The maximum atomic E-state index is 10.5. The molecule has 2 rings (SSSR count). The molecule has 0 fully saturated rings. The smallest absolute Gasteiger partial charge is 0.328 e. The lowest BCUT2D eigenvalue weighted by atomic mass is 10.2. The van der Waals surface area contributed by atoms with Crippen molar-refractivity contribution in [1.82, 2.24) is 9.55 Å². The number of carboxylic acid groups (broad SMARTS) is 1. The second-order valence-electron chi connectivity index (χ2n) is 4.69. The molecule has 0 aliphatic carbocycles. The number of hydrogen-bond donors (Lipinski definition) is 1. The largest absolute Gasteiger partial charge is 0.478 e. The molecule has 0 amide bonds. The van der Waals surface area contributed by atoms with Gasteiger partial charge in [0, 0.05) is 32.6 Å². The Morgan fingerprint density at radius 2 is 2.29 bits per heavy atom. The fraction of sp³-hybridized carbons (Fsp3) is 0.200. The van der Waals surface area contributed by atoms with E-state index in [-0.39, 0.29) is 0 Å². The maximum Gasteiger partial charge on any atom is 0.328 e. The van der Waals surface area contributed by atoms with Crippen LogP contribution < -0.4 is 4.90 Å². The van der Waals surface area contributed by atoms with Crippen molar-refractivity contribution in [2.24, 2.45) is 7.05 Å². The van der Waals surface area contributed by atoms with E-state index in [1.54, 1.807) is 12.3 Å². The van der Waals surface area contributed by atoms with Crippen LogP contribution in [0.2, 0.25) is 5.02 Å². The fourth-order valence-corrected chi connectivity index (χ4v) is 2.28. The van der Waals surface area contributed by atoms with Crippen molar-refractivity contribution in [2.75, 3.05) is 11.9 Å². The molecule has 110 valence electrons. The molecule has 5 nitrogen and oxygen atoms in total. The van der Waals surface area contributed by atoms with Gasteiger partial charge in [0.1, 0.15) is 5.82 Å². The highest BCUT2D eigenvalue weighted by atomic mass is 35.5. The molecule has 1 aromatic heterocycles. The topological polar surface area (TPSA) is 58.4 Å². The van der Waals surface area contributed by atoms with Gasteiger partial charge in [0.05, 0.1) is 17.3 Å². The minimum absolute atomic E-state index is 0.569. The van der Waals surface area contributed by atoms with Crippen LogP contribution in [0.15, 0.2) is 36.7 Å². The van der Waals surface area contributed by atoms with Crippen LogP contribution in [-0.2, 0) is 18.4 Å². The molecule has 0 aliphatic heterocycles. The number of halogens is 1. The highest BCUT2D eigenvalue weighted by Gasteiger charge is 2.09. The minimum Gasteiger partial charge on any atom is -0.478 e. The number of aliphatic carboxylic acids is 1. The number of imidazole rings is 1. The summed E-state index contributed by atoms with van der Waals surface area (Å²) in [4.78, 5) is 16.8. The Labute approximate surface area is 128 Å². The van der Waals surface area contributed by atoms with Gasteiger partial charge in [-0.3, -0.25) is 0 Å². The van der Waals surface area contributed by atoms with Crippen molar-refractivity contribution in [3.8, 4) is 0 Å². The van der Waals surface area contributed by atoms with Crippen LogP contribution in [0.3, 0.4) is 0 Å². The molecule has 0 unspecified atom stereocenters. The van der Waals surface area contributed by atoms with Gasteiger partial charge in [-0.25, -0.2) is 9.78 Å². The average Bonchev–Trinajstić information content (AvgIpc) is 2.82. The van der Waals surface area contributed by atoms with E-state index in [1.165, 1.54) is 6.08 Å². The molecule has 1 aromatic carbocycles. The monoisotopic (exact) mass is 305 g/mol. The summed E-state index contributed by atoms with van der Waals surface area (Å²) in [6.45, 7) is 0.632. The first kappa shape index (κ1) is 15.1. The van der Waals surface area contributed by atoms with E-state index < -0.39 is 5.97 Å². The average molecular weight is 306 g/mol. The van der Waals surface area contributed by atoms with Crippen LogP contribution in [0.25, 0.3) is 6.08 Å². The predicted molar refractivity (Wildman–Crippen MR) is 83.4 cm³/mol. The van der Waals surface area contributed by atoms with Gasteiger partial charge in [0.2, 0.25) is 0 Å². The summed E-state index contributed by atoms with van der Waals surface area (Å²) in [7, 11) is 3.88. The van der Waals surface area contributed by atoms with E-state index in [2.05, 4.69) is 4.98 Å². The molecule has 0 bridgehead atoms. The summed E-state index contributed by atoms with van der Waals surface area (Å²) in [6.07, 6.45) is 6.24. The maximum absolute atomic E-state index is 10.5. The summed E-state index contributed by atoms with van der Waals surface area (Å²) >= 11 is 6.27. The van der Waals surface area contributed by atoms with E-state index in [1.807, 2.05) is 41.9 Å². The molecule has 0 spiro atoms. The molecular formula is C15H16ClN3O2. The zero-order valence-corrected chi connectivity index (χ0v) is 12.6. The number of carbonyl (C=O) groups is 1. The third-order valence-corrected chi connectivity index (χ3v) is 3.40. The molecule has 0 atom stereocenters. The lowest BCUT2D eigenvalue weighted by molar-refractivity contribution is -0.131. The minimum atomic E-state index is -0.984. The normalized spacial score (nSPS) is 11.0. The van der Waals surface area contributed by atoms with E-state index in [0.717, 1.165) is 23.2 Å². The quantitative estimate of drug-likeness (QED) is 0.863. The van der Waals surface area contributed by atoms with E-state index in [0.29, 0.717) is 11.6 Å². The van der Waals surface area contributed by atoms with Gasteiger partial charge >= 0.3 is 5.97 Å². The first-order valence-corrected chi connectivity index (χ1v) is 6.73. The number of anilines is 1. The number of aryl methyl sites for hydroxylation is 1. The fourth-order valence-electron chi connectivity index (χ4n) is 1.95. The summed E-state index contributed by atoms with van der Waals surface area (Å²) in [5, 5.41) is 9.19. The van der Waals surface area contributed by atoms with Gasteiger partial charge in [0.15, 0.2) is 0 Å². The lowest BCUT2D eigenvalue weighted by Gasteiger charge is -2.20. The highest BCUT2D eigenvalue weighted by molar-refractivity contribution is 6.33. The van der Waals surface area contributed by atoms with Crippen molar-refractivity contribution in [1.29, 1.82) is 0 Å². The molecule has 6 heteroatoms. The predicted octanol–water partition coefficient (Wildman–Crippen LogP) is 2.81. The van der Waals surface area contributed by atoms with Gasteiger partial charge in [-0.15, -0.1) is 0 Å². The molecule has 0 radical (unpaired) electrons. The summed E-state index contributed by atoms with van der Waals surface area (Å²) in [5.74, 6) is -0.0504. The Morgan fingerprint density at radius 3 is 2.86 bits per heavy atom. The highest BCUT2D eigenvalue weighted by Crippen LogP contribution is 2.27. The van der Waals surface area contributed by atoms with Crippen molar-refractivity contribution in [2.45, 2.75) is 6.54 Å². The number of nitrogens with zero attached hydrogens (tertiary/aromatic N) is 3. The zero-order valence-electron chi connectivity index (χ0n) is 11.8. The molecule has 0 saturated carbocycles. The van der Waals surface area contributed by atoms with Gasteiger partial charge in [-0.2, -0.15) is 0 Å². The van der Waals surface area contributed by atoms with Crippen molar-refractivity contribution < 1.29 is 9.90 Å². The summed E-state index contributed by atoms with van der Waals surface area (Å²) in [6, 6.07) is 5.44. The SMILES string of the molecule is CN(Cc1nccn1C)c1ccc(/C=C/C(=O)O)cc1Cl. The van der Waals surface area contributed by atoms with Crippen molar-refractivity contribution in [3.05, 3.63) is 53.1 Å². The number of aromatic nitrogens is 2. The van der Waals surface area contributed by atoms with Crippen molar-refractivity contribution in [3.63, 3.8) is 0 Å². The van der Waals surface area contributed by atoms with Crippen LogP contribution in [0.5, 0.6) is 0 Å². The Kier molecular flexibility index (Phi) is 4.65. The molecule has 0 saturated heterocycles. The van der Waals surface area contributed by atoms with Gasteiger partial charge < -0.3 is 14.6 Å².